The van der Waals surface area contributed by atoms with Crippen LogP contribution in [-0.2, 0) is 4.79 Å². The lowest BCUT2D eigenvalue weighted by Crippen LogP contribution is -2.23. The summed E-state index contributed by atoms with van der Waals surface area (Å²) in [6, 6.07) is 13.9. The Morgan fingerprint density at radius 1 is 1.00 bits per heavy atom. The highest BCUT2D eigenvalue weighted by molar-refractivity contribution is 5.99. The molecule has 1 aliphatic heterocycles. The molecule has 0 fully saturated rings. The Balaban J connectivity index is 1.70. The molecule has 1 aliphatic rings. The number of carbonyl (C=O) groups is 1. The second-order valence-corrected chi connectivity index (χ2v) is 6.91. The van der Waals surface area contributed by atoms with Gasteiger partial charge in [-0.3, -0.25) is 4.79 Å². The summed E-state index contributed by atoms with van der Waals surface area (Å²) in [5.74, 6) is -1.35. The number of aromatic nitrogens is 3. The Hall–Kier alpha value is -3.94. The molecule has 2 heterocycles. The summed E-state index contributed by atoms with van der Waals surface area (Å²) >= 11 is 0. The zero-order valence-electron chi connectivity index (χ0n) is 15.0. The number of nitrogens with zero attached hydrogens (tertiary/aromatic N) is 3. The minimum Gasteiger partial charge on any atom is -0.504 e. The van der Waals surface area contributed by atoms with E-state index in [0.717, 1.165) is 5.56 Å². The third-order valence-electron chi connectivity index (χ3n) is 5.06. The molecular formula is C21H15FN4O3. The van der Waals surface area contributed by atoms with Crippen LogP contribution in [0.3, 0.4) is 0 Å². The van der Waals surface area contributed by atoms with Crippen LogP contribution in [0.15, 0.2) is 54.6 Å². The van der Waals surface area contributed by atoms with Gasteiger partial charge in [0.2, 0.25) is 5.91 Å². The van der Waals surface area contributed by atoms with Crippen LogP contribution in [0.25, 0.3) is 16.7 Å². The number of halogens is 1. The largest absolute Gasteiger partial charge is 0.504 e. The molecule has 3 aromatic carbocycles. The van der Waals surface area contributed by atoms with Crippen molar-refractivity contribution in [2.45, 2.75) is 12.3 Å². The van der Waals surface area contributed by atoms with Crippen molar-refractivity contribution >= 4 is 22.6 Å². The number of anilines is 1. The molecule has 0 saturated carbocycles. The van der Waals surface area contributed by atoms with Gasteiger partial charge in [0.05, 0.1) is 5.69 Å². The van der Waals surface area contributed by atoms with Gasteiger partial charge in [-0.1, -0.05) is 6.07 Å². The van der Waals surface area contributed by atoms with Crippen molar-refractivity contribution in [3.05, 3.63) is 71.5 Å². The molecule has 0 bridgehead atoms. The standard InChI is InChI=1S/C21H15FN4O3/c22-12-2-4-13(5-3-12)26-24-16-7-6-15-20(21(16)25-26)14(10-19(29)23-15)11-1-8-17(27)18(28)9-11/h1-9,14,27-28H,10H2,(H,23,29). The van der Waals surface area contributed by atoms with Gasteiger partial charge in [0.1, 0.15) is 16.9 Å². The average Bonchev–Trinajstić information content (AvgIpc) is 3.14. The van der Waals surface area contributed by atoms with Crippen LogP contribution in [0.4, 0.5) is 10.1 Å². The molecule has 3 N–H and O–H groups in total. The summed E-state index contributed by atoms with van der Waals surface area (Å²) in [7, 11) is 0. The Morgan fingerprint density at radius 2 is 1.79 bits per heavy atom. The Morgan fingerprint density at radius 3 is 2.55 bits per heavy atom. The van der Waals surface area contributed by atoms with E-state index < -0.39 is 0 Å². The zero-order chi connectivity index (χ0) is 20.1. The van der Waals surface area contributed by atoms with E-state index >= 15 is 0 Å². The Bertz CT molecular complexity index is 1270. The van der Waals surface area contributed by atoms with Crippen LogP contribution in [-0.4, -0.2) is 31.1 Å². The normalized spacial score (nSPS) is 15.9. The number of aromatic hydroxyl groups is 2. The maximum atomic E-state index is 13.2. The van der Waals surface area contributed by atoms with Gasteiger partial charge in [-0.25, -0.2) is 4.39 Å². The van der Waals surface area contributed by atoms with Crippen molar-refractivity contribution in [2.75, 3.05) is 5.32 Å². The maximum absolute atomic E-state index is 13.2. The first-order valence-corrected chi connectivity index (χ1v) is 8.97. The van der Waals surface area contributed by atoms with Crippen molar-refractivity contribution in [1.82, 2.24) is 15.0 Å². The highest BCUT2D eigenvalue weighted by Gasteiger charge is 2.30. The molecule has 0 radical (unpaired) electrons. The van der Waals surface area contributed by atoms with Crippen molar-refractivity contribution in [3.63, 3.8) is 0 Å². The molecule has 5 rings (SSSR count). The first kappa shape index (κ1) is 17.2. The lowest BCUT2D eigenvalue weighted by molar-refractivity contribution is -0.116. The summed E-state index contributed by atoms with van der Waals surface area (Å²) in [5.41, 5.74) is 3.91. The summed E-state index contributed by atoms with van der Waals surface area (Å²) in [6.07, 6.45) is 0.166. The summed E-state index contributed by atoms with van der Waals surface area (Å²) in [4.78, 5) is 13.7. The van der Waals surface area contributed by atoms with E-state index in [9.17, 15) is 19.4 Å². The molecule has 29 heavy (non-hydrogen) atoms. The first-order valence-electron chi connectivity index (χ1n) is 8.97. The highest BCUT2D eigenvalue weighted by Crippen LogP contribution is 2.42. The minimum absolute atomic E-state index is 0.152. The second-order valence-electron chi connectivity index (χ2n) is 6.91. The summed E-state index contributed by atoms with van der Waals surface area (Å²) in [5, 5.41) is 31.5. The fraction of sp³-hybridized carbons (Fsp3) is 0.0952. The molecule has 1 aromatic heterocycles. The minimum atomic E-state index is -0.368. The topological polar surface area (TPSA) is 100 Å². The van der Waals surface area contributed by atoms with Gasteiger partial charge >= 0.3 is 0 Å². The quantitative estimate of drug-likeness (QED) is 0.455. The Kier molecular flexibility index (Phi) is 3.73. The molecule has 1 unspecified atom stereocenters. The molecule has 8 heteroatoms. The summed E-state index contributed by atoms with van der Waals surface area (Å²) in [6.45, 7) is 0. The number of rotatable bonds is 2. The van der Waals surface area contributed by atoms with Gasteiger partial charge in [0.25, 0.3) is 0 Å². The van der Waals surface area contributed by atoms with Crippen LogP contribution < -0.4 is 5.32 Å². The van der Waals surface area contributed by atoms with Gasteiger partial charge in [0.15, 0.2) is 11.5 Å². The number of fused-ring (bicyclic) bond motifs is 3. The number of carbonyl (C=O) groups excluding carboxylic acids is 1. The van der Waals surface area contributed by atoms with Crippen molar-refractivity contribution < 1.29 is 19.4 Å². The monoisotopic (exact) mass is 390 g/mol. The second kappa shape index (κ2) is 6.30. The average molecular weight is 390 g/mol. The highest BCUT2D eigenvalue weighted by atomic mass is 19.1. The van der Waals surface area contributed by atoms with Gasteiger partial charge < -0.3 is 15.5 Å². The number of amides is 1. The zero-order valence-corrected chi connectivity index (χ0v) is 15.0. The van der Waals surface area contributed by atoms with E-state index in [4.69, 9.17) is 0 Å². The van der Waals surface area contributed by atoms with Gasteiger partial charge in [0, 0.05) is 23.6 Å². The van der Waals surface area contributed by atoms with E-state index in [1.807, 2.05) is 0 Å². The maximum Gasteiger partial charge on any atom is 0.225 e. The van der Waals surface area contributed by atoms with Crippen molar-refractivity contribution in [1.29, 1.82) is 0 Å². The number of phenols is 2. The van der Waals surface area contributed by atoms with Gasteiger partial charge in [-0.05, 0) is 54.1 Å². The number of nitrogens with one attached hydrogen (secondary N) is 1. The molecule has 0 aliphatic carbocycles. The Labute approximate surface area is 164 Å². The van der Waals surface area contributed by atoms with Crippen molar-refractivity contribution in [2.24, 2.45) is 0 Å². The number of hydrogen-bond donors (Lipinski definition) is 3. The van der Waals surface area contributed by atoms with Crippen LogP contribution in [0.1, 0.15) is 23.5 Å². The van der Waals surface area contributed by atoms with Gasteiger partial charge in [-0.15, -0.1) is 10.2 Å². The fourth-order valence-electron chi connectivity index (χ4n) is 3.68. The molecule has 0 saturated heterocycles. The van der Waals surface area contributed by atoms with E-state index in [0.29, 0.717) is 28.0 Å². The molecular weight excluding hydrogens is 375 g/mol. The smallest absolute Gasteiger partial charge is 0.225 e. The fourth-order valence-corrected chi connectivity index (χ4v) is 3.68. The third kappa shape index (κ3) is 2.85. The van der Waals surface area contributed by atoms with Gasteiger partial charge in [-0.2, -0.15) is 4.80 Å². The van der Waals surface area contributed by atoms with Crippen LogP contribution >= 0.6 is 0 Å². The molecule has 1 atom stereocenters. The molecule has 0 spiro atoms. The molecule has 7 nitrogen and oxygen atoms in total. The number of benzene rings is 3. The van der Waals surface area contributed by atoms with Crippen LogP contribution in [0, 0.1) is 5.82 Å². The summed E-state index contributed by atoms with van der Waals surface area (Å²) < 4.78 is 13.2. The van der Waals surface area contributed by atoms with Crippen molar-refractivity contribution in [3.8, 4) is 17.2 Å². The molecule has 4 aromatic rings. The lowest BCUT2D eigenvalue weighted by Gasteiger charge is -2.26. The van der Waals surface area contributed by atoms with E-state index in [1.165, 1.54) is 29.1 Å². The first-order chi connectivity index (χ1) is 14.0. The number of phenolic OH excluding ortho intramolecular Hbond substituents is 2. The predicted octanol–water partition coefficient (Wildman–Crippen LogP) is 3.44. The van der Waals surface area contributed by atoms with E-state index in [-0.39, 0.29) is 35.6 Å². The SMILES string of the molecule is O=C1CC(c2ccc(O)c(O)c2)c2c(ccc3nn(-c4ccc(F)cc4)nc23)N1. The number of hydrogen-bond acceptors (Lipinski definition) is 5. The van der Waals surface area contributed by atoms with E-state index in [2.05, 4.69) is 15.5 Å². The molecule has 1 amide bonds. The van der Waals surface area contributed by atoms with Crippen LogP contribution in [0.2, 0.25) is 0 Å². The lowest BCUT2D eigenvalue weighted by atomic mass is 9.84. The van der Waals surface area contributed by atoms with E-state index in [1.54, 1.807) is 30.3 Å². The van der Waals surface area contributed by atoms with Crippen LogP contribution in [0.5, 0.6) is 11.5 Å². The third-order valence-corrected chi connectivity index (χ3v) is 5.06. The predicted molar refractivity (Wildman–Crippen MR) is 104 cm³/mol. The molecule has 144 valence electrons.